The number of rotatable bonds is 8. The molecular formula is C23H22F2N4O3S. The van der Waals surface area contributed by atoms with Crippen molar-refractivity contribution in [1.82, 2.24) is 14.5 Å². The van der Waals surface area contributed by atoms with Gasteiger partial charge >= 0.3 is 0 Å². The molecule has 1 N–H and O–H groups in total. The molecule has 0 aliphatic rings. The fourth-order valence-corrected chi connectivity index (χ4v) is 3.77. The number of aromatic nitrogens is 3. The van der Waals surface area contributed by atoms with Crippen LogP contribution in [0.25, 0.3) is 22.0 Å². The van der Waals surface area contributed by atoms with E-state index in [2.05, 4.69) is 9.82 Å². The third kappa shape index (κ3) is 4.65. The van der Waals surface area contributed by atoms with Crippen molar-refractivity contribution in [3.8, 4) is 22.6 Å². The Morgan fingerprint density at radius 3 is 2.58 bits per heavy atom. The number of nitrogens with zero attached hydrogens (tertiary/aromatic N) is 3. The Labute approximate surface area is 193 Å². The van der Waals surface area contributed by atoms with Crippen LogP contribution in [-0.4, -0.2) is 26.9 Å². The van der Waals surface area contributed by atoms with Crippen LogP contribution >= 0.6 is 11.9 Å². The van der Waals surface area contributed by atoms with Crippen molar-refractivity contribution < 1.29 is 18.4 Å². The number of ether oxygens (including phenoxy) is 1. The maximum Gasteiger partial charge on any atom is 0.261 e. The summed E-state index contributed by atoms with van der Waals surface area (Å²) in [7, 11) is 1.64. The Hall–Kier alpha value is -3.53. The minimum Gasteiger partial charge on any atom is -0.454 e. The quantitative estimate of drug-likeness (QED) is 0.364. The molecule has 4 rings (SSSR count). The van der Waals surface area contributed by atoms with Gasteiger partial charge in [-0.25, -0.2) is 8.78 Å². The zero-order chi connectivity index (χ0) is 23.5. The van der Waals surface area contributed by atoms with Crippen LogP contribution in [0, 0.1) is 11.6 Å². The number of nitrogens with one attached hydrogen (secondary N) is 1. The van der Waals surface area contributed by atoms with Gasteiger partial charge in [0.05, 0.1) is 11.6 Å². The monoisotopic (exact) mass is 472 g/mol. The van der Waals surface area contributed by atoms with Gasteiger partial charge in [-0.15, -0.1) is 9.94 Å². The van der Waals surface area contributed by atoms with Crippen LogP contribution in [0.5, 0.6) is 11.5 Å². The third-order valence-electron chi connectivity index (χ3n) is 4.80. The van der Waals surface area contributed by atoms with Gasteiger partial charge in [0.25, 0.3) is 5.56 Å². The Bertz CT molecular complexity index is 1370. The summed E-state index contributed by atoms with van der Waals surface area (Å²) in [6.45, 7) is 4.20. The Kier molecular flexibility index (Phi) is 6.55. The molecule has 0 bridgehead atoms. The molecule has 0 amide bonds. The van der Waals surface area contributed by atoms with Crippen LogP contribution in [0.15, 0.2) is 53.6 Å². The lowest BCUT2D eigenvalue weighted by Crippen LogP contribution is -2.16. The molecule has 0 fully saturated rings. The topological polar surface area (TPSA) is 70.3 Å². The van der Waals surface area contributed by atoms with Gasteiger partial charge in [-0.1, -0.05) is 18.9 Å². The van der Waals surface area contributed by atoms with Crippen LogP contribution in [-0.2, 0) is 7.05 Å². The summed E-state index contributed by atoms with van der Waals surface area (Å²) in [6, 6.07) is 8.43. The molecule has 2 heterocycles. The molecule has 0 unspecified atom stereocenters. The van der Waals surface area contributed by atoms with E-state index in [0.29, 0.717) is 34.4 Å². The van der Waals surface area contributed by atoms with Gasteiger partial charge in [0.1, 0.15) is 23.7 Å². The van der Waals surface area contributed by atoms with Crippen LogP contribution in [0.4, 0.5) is 14.5 Å². The van der Waals surface area contributed by atoms with E-state index in [0.717, 1.165) is 23.6 Å². The lowest BCUT2D eigenvalue weighted by atomic mass is 10.0. The first kappa shape index (κ1) is 22.7. The molecular weight excluding hydrogens is 450 g/mol. The Morgan fingerprint density at radius 2 is 1.85 bits per heavy atom. The fraction of sp³-hybridized carbons (Fsp3) is 0.217. The molecule has 0 saturated heterocycles. The third-order valence-corrected chi connectivity index (χ3v) is 5.47. The average molecular weight is 473 g/mol. The maximum atomic E-state index is 14.3. The fourth-order valence-electron chi connectivity index (χ4n) is 3.33. The van der Waals surface area contributed by atoms with Crippen molar-refractivity contribution in [2.24, 2.45) is 7.05 Å². The minimum absolute atomic E-state index is 0.123. The molecule has 0 atom stereocenters. The van der Waals surface area contributed by atoms with Gasteiger partial charge < -0.3 is 18.9 Å². The van der Waals surface area contributed by atoms with Crippen molar-refractivity contribution in [2.45, 2.75) is 13.8 Å². The highest BCUT2D eigenvalue weighted by molar-refractivity contribution is 8.00. The van der Waals surface area contributed by atoms with Crippen molar-refractivity contribution in [3.05, 3.63) is 70.8 Å². The van der Waals surface area contributed by atoms with E-state index in [4.69, 9.17) is 9.57 Å². The molecule has 33 heavy (non-hydrogen) atoms. The smallest absolute Gasteiger partial charge is 0.261 e. The number of pyridine rings is 1. The van der Waals surface area contributed by atoms with Gasteiger partial charge in [0.2, 0.25) is 0 Å². The number of aryl methyl sites for hydroxylation is 1. The second kappa shape index (κ2) is 9.53. The second-order valence-electron chi connectivity index (χ2n) is 7.09. The normalized spacial score (nSPS) is 11.1. The van der Waals surface area contributed by atoms with Gasteiger partial charge in [-0.3, -0.25) is 4.79 Å². The molecule has 2 aromatic carbocycles. The van der Waals surface area contributed by atoms with E-state index >= 15 is 0 Å². The molecule has 4 aromatic rings. The number of benzene rings is 2. The summed E-state index contributed by atoms with van der Waals surface area (Å²) in [5.74, 6) is -0.481. The van der Waals surface area contributed by atoms with Crippen LogP contribution < -0.4 is 19.9 Å². The molecule has 0 aliphatic heterocycles. The van der Waals surface area contributed by atoms with Crippen LogP contribution in [0.2, 0.25) is 0 Å². The molecule has 172 valence electrons. The molecule has 10 heteroatoms. The van der Waals surface area contributed by atoms with Gasteiger partial charge in [-0.2, -0.15) is 0 Å². The maximum absolute atomic E-state index is 14.3. The van der Waals surface area contributed by atoms with E-state index in [9.17, 15) is 13.6 Å². The summed E-state index contributed by atoms with van der Waals surface area (Å²) in [6.07, 6.45) is 3.17. The second-order valence-corrected chi connectivity index (χ2v) is 8.16. The molecule has 2 aromatic heterocycles. The Morgan fingerprint density at radius 1 is 1.06 bits per heavy atom. The van der Waals surface area contributed by atoms with Crippen molar-refractivity contribution >= 4 is 28.5 Å². The predicted octanol–water partition coefficient (Wildman–Crippen LogP) is 5.00. The zero-order valence-electron chi connectivity index (χ0n) is 18.3. The largest absolute Gasteiger partial charge is 0.454 e. The highest BCUT2D eigenvalue weighted by Gasteiger charge is 2.19. The molecule has 0 aliphatic carbocycles. The highest BCUT2D eigenvalue weighted by Crippen LogP contribution is 2.39. The average Bonchev–Trinajstić information content (AvgIpc) is 3.22. The lowest BCUT2D eigenvalue weighted by molar-refractivity contribution is 0.0944. The number of anilines is 1. The highest BCUT2D eigenvalue weighted by atomic mass is 32.2. The van der Waals surface area contributed by atoms with Gasteiger partial charge in [0.15, 0.2) is 11.6 Å². The van der Waals surface area contributed by atoms with Gasteiger partial charge in [-0.05, 0) is 37.3 Å². The summed E-state index contributed by atoms with van der Waals surface area (Å²) in [5, 5.41) is 4.79. The standard InChI is InChI=1S/C23H22F2N4O3S/c1-4-31-29-13-18-22(26-29)17(12-28(3)23(18)30)16-11-15(27-33-5-2)7-9-20(16)32-21-8-6-14(24)10-19(21)25/h6-13,27H,4-5H2,1-3H3. The lowest BCUT2D eigenvalue weighted by Gasteiger charge is -2.15. The number of fused-ring (bicyclic) bond motifs is 1. The SMILES string of the molecule is CCOn1cc2c(=O)n(C)cc(-c3cc(NSCC)ccc3Oc3ccc(F)cc3F)c2n1. The first-order valence-corrected chi connectivity index (χ1v) is 11.3. The van der Waals surface area contributed by atoms with E-state index in [1.165, 1.54) is 33.6 Å². The number of hydrogen-bond donors (Lipinski definition) is 1. The summed E-state index contributed by atoms with van der Waals surface area (Å²) in [5.41, 5.74) is 2.13. The number of hydrogen-bond acceptors (Lipinski definition) is 6. The zero-order valence-corrected chi connectivity index (χ0v) is 19.1. The Balaban J connectivity index is 1.91. The molecule has 0 saturated carbocycles. The first-order chi connectivity index (χ1) is 15.9. The molecule has 0 radical (unpaired) electrons. The van der Waals surface area contributed by atoms with Crippen LogP contribution in [0.1, 0.15) is 13.8 Å². The van der Waals surface area contributed by atoms with Crippen molar-refractivity contribution in [3.63, 3.8) is 0 Å². The van der Waals surface area contributed by atoms with Gasteiger partial charge in [0, 0.05) is 41.9 Å². The summed E-state index contributed by atoms with van der Waals surface area (Å²) < 4.78 is 38.2. The van der Waals surface area contributed by atoms with E-state index in [1.54, 1.807) is 25.4 Å². The molecule has 7 nitrogen and oxygen atoms in total. The van der Waals surface area contributed by atoms with E-state index < -0.39 is 11.6 Å². The summed E-state index contributed by atoms with van der Waals surface area (Å²) >= 11 is 1.51. The van der Waals surface area contributed by atoms with Crippen molar-refractivity contribution in [2.75, 3.05) is 17.1 Å². The van der Waals surface area contributed by atoms with Crippen molar-refractivity contribution in [1.29, 1.82) is 0 Å². The minimum atomic E-state index is -0.823. The van der Waals surface area contributed by atoms with E-state index in [1.807, 2.05) is 19.9 Å². The van der Waals surface area contributed by atoms with E-state index in [-0.39, 0.29) is 11.3 Å². The summed E-state index contributed by atoms with van der Waals surface area (Å²) in [4.78, 5) is 19.4. The number of halogens is 2. The predicted molar refractivity (Wildman–Crippen MR) is 126 cm³/mol. The van der Waals surface area contributed by atoms with Crippen LogP contribution in [0.3, 0.4) is 0 Å². The first-order valence-electron chi connectivity index (χ1n) is 10.3. The molecule has 0 spiro atoms.